The molecule has 1 heterocycles. The van der Waals surface area contributed by atoms with Crippen LogP contribution in [0.3, 0.4) is 0 Å². The SMILES string of the molecule is N#Cc1cc(C(F)F)c([N+](=O)[O-])c(I)n1. The largest absolute Gasteiger partial charge is 0.309 e. The summed E-state index contributed by atoms with van der Waals surface area (Å²) in [6, 6.07) is 2.28. The van der Waals surface area contributed by atoms with Gasteiger partial charge in [-0.25, -0.2) is 13.8 Å². The normalized spacial score (nSPS) is 10.1. The number of rotatable bonds is 2. The lowest BCUT2D eigenvalue weighted by atomic mass is 10.2. The van der Waals surface area contributed by atoms with E-state index in [1.54, 1.807) is 6.07 Å². The van der Waals surface area contributed by atoms with Crippen LogP contribution in [0.4, 0.5) is 14.5 Å². The fraction of sp³-hybridized carbons (Fsp3) is 0.143. The molecule has 0 radical (unpaired) electrons. The monoisotopic (exact) mass is 325 g/mol. The highest BCUT2D eigenvalue weighted by Gasteiger charge is 2.26. The first-order valence-corrected chi connectivity index (χ1v) is 4.58. The van der Waals surface area contributed by atoms with Crippen molar-refractivity contribution in [2.75, 3.05) is 0 Å². The van der Waals surface area contributed by atoms with Crippen LogP contribution in [0.5, 0.6) is 0 Å². The summed E-state index contributed by atoms with van der Waals surface area (Å²) in [5.74, 6) is 0. The minimum Gasteiger partial charge on any atom is -0.258 e. The van der Waals surface area contributed by atoms with E-state index < -0.39 is 22.6 Å². The zero-order chi connectivity index (χ0) is 11.6. The van der Waals surface area contributed by atoms with Gasteiger partial charge in [0.25, 0.3) is 6.43 Å². The average Bonchev–Trinajstić information content (AvgIpc) is 2.15. The van der Waals surface area contributed by atoms with Gasteiger partial charge in [0.2, 0.25) is 0 Å². The van der Waals surface area contributed by atoms with Crippen LogP contribution in [0.1, 0.15) is 17.7 Å². The molecule has 0 unspecified atom stereocenters. The maximum Gasteiger partial charge on any atom is 0.309 e. The quantitative estimate of drug-likeness (QED) is 0.362. The van der Waals surface area contributed by atoms with E-state index in [2.05, 4.69) is 4.98 Å². The van der Waals surface area contributed by atoms with Crippen molar-refractivity contribution in [2.24, 2.45) is 0 Å². The highest BCUT2D eigenvalue weighted by atomic mass is 127. The first kappa shape index (κ1) is 11.7. The van der Waals surface area contributed by atoms with Crippen molar-refractivity contribution in [3.8, 4) is 6.07 Å². The minimum absolute atomic E-state index is 0.216. The number of aromatic nitrogens is 1. The van der Waals surface area contributed by atoms with Crippen LogP contribution in [0.25, 0.3) is 0 Å². The number of nitriles is 1. The highest BCUT2D eigenvalue weighted by molar-refractivity contribution is 14.1. The number of nitrogens with zero attached hydrogens (tertiary/aromatic N) is 3. The van der Waals surface area contributed by atoms with Gasteiger partial charge in [-0.3, -0.25) is 10.1 Å². The number of pyridine rings is 1. The van der Waals surface area contributed by atoms with Gasteiger partial charge in [0.1, 0.15) is 17.3 Å². The summed E-state index contributed by atoms with van der Waals surface area (Å²) >= 11 is 1.45. The summed E-state index contributed by atoms with van der Waals surface area (Å²) in [5, 5.41) is 19.0. The molecule has 1 aromatic heterocycles. The summed E-state index contributed by atoms with van der Waals surface area (Å²) in [6.07, 6.45) is -3.01. The topological polar surface area (TPSA) is 79.8 Å². The molecule has 0 bridgehead atoms. The van der Waals surface area contributed by atoms with E-state index in [0.29, 0.717) is 0 Å². The van der Waals surface area contributed by atoms with E-state index in [-0.39, 0.29) is 9.39 Å². The second-order valence-corrected chi connectivity index (χ2v) is 3.43. The van der Waals surface area contributed by atoms with E-state index >= 15 is 0 Å². The van der Waals surface area contributed by atoms with Crippen LogP contribution in [0, 0.1) is 25.1 Å². The summed E-state index contributed by atoms with van der Waals surface area (Å²) in [4.78, 5) is 13.1. The fourth-order valence-corrected chi connectivity index (χ4v) is 1.70. The van der Waals surface area contributed by atoms with Crippen LogP contribution >= 0.6 is 22.6 Å². The maximum atomic E-state index is 12.4. The van der Waals surface area contributed by atoms with Gasteiger partial charge in [-0.15, -0.1) is 0 Å². The molecule has 0 atom stereocenters. The predicted molar refractivity (Wildman–Crippen MR) is 53.3 cm³/mol. The fourth-order valence-electron chi connectivity index (χ4n) is 0.930. The number of halogens is 3. The molecule has 0 N–H and O–H groups in total. The molecule has 8 heteroatoms. The van der Waals surface area contributed by atoms with Crippen LogP contribution < -0.4 is 0 Å². The molecule has 0 saturated heterocycles. The predicted octanol–water partition coefficient (Wildman–Crippen LogP) is 2.40. The maximum absolute atomic E-state index is 12.4. The highest BCUT2D eigenvalue weighted by Crippen LogP contribution is 2.32. The Morgan fingerprint density at radius 1 is 1.67 bits per heavy atom. The van der Waals surface area contributed by atoms with Gasteiger partial charge in [-0.1, -0.05) is 0 Å². The smallest absolute Gasteiger partial charge is 0.258 e. The van der Waals surface area contributed by atoms with Gasteiger partial charge in [0, 0.05) is 0 Å². The Labute approximate surface area is 96.0 Å². The van der Waals surface area contributed by atoms with E-state index in [9.17, 15) is 18.9 Å². The van der Waals surface area contributed by atoms with Gasteiger partial charge in [-0.2, -0.15) is 5.26 Å². The molecule has 0 amide bonds. The third-order valence-corrected chi connectivity index (χ3v) is 2.26. The summed E-state index contributed by atoms with van der Waals surface area (Å²) in [7, 11) is 0. The van der Waals surface area contributed by atoms with E-state index in [0.717, 1.165) is 6.07 Å². The number of nitro groups is 1. The van der Waals surface area contributed by atoms with Gasteiger partial charge in [0.15, 0.2) is 3.70 Å². The standard InChI is InChI=1S/C7H2F2IN3O2/c8-6(9)4-1-3(2-11)12-7(10)5(4)13(14)15/h1,6H. The molecule has 15 heavy (non-hydrogen) atoms. The molecule has 0 saturated carbocycles. The minimum atomic E-state index is -3.01. The van der Waals surface area contributed by atoms with Gasteiger partial charge in [0.05, 0.1) is 4.92 Å². The van der Waals surface area contributed by atoms with E-state index in [1.165, 1.54) is 22.6 Å². The van der Waals surface area contributed by atoms with E-state index in [1.807, 2.05) is 0 Å². The number of hydrogen-bond donors (Lipinski definition) is 0. The Kier molecular flexibility index (Phi) is 3.46. The molecule has 0 aliphatic heterocycles. The molecule has 1 rings (SSSR count). The van der Waals surface area contributed by atoms with Crippen molar-refractivity contribution in [1.29, 1.82) is 5.26 Å². The Bertz CT molecular complexity index is 458. The Hall–Kier alpha value is -1.37. The van der Waals surface area contributed by atoms with Crippen molar-refractivity contribution in [1.82, 2.24) is 4.98 Å². The lowest BCUT2D eigenvalue weighted by Crippen LogP contribution is -2.02. The molecule has 78 valence electrons. The van der Waals surface area contributed by atoms with Crippen LogP contribution in [-0.2, 0) is 0 Å². The van der Waals surface area contributed by atoms with Crippen molar-refractivity contribution in [3.05, 3.63) is 31.1 Å². The lowest BCUT2D eigenvalue weighted by molar-refractivity contribution is -0.387. The number of hydrogen-bond acceptors (Lipinski definition) is 4. The first-order chi connectivity index (χ1) is 6.97. The average molecular weight is 325 g/mol. The second-order valence-electron chi connectivity index (χ2n) is 2.41. The third-order valence-electron chi connectivity index (χ3n) is 1.51. The molecule has 0 aromatic carbocycles. The van der Waals surface area contributed by atoms with Gasteiger partial charge >= 0.3 is 5.69 Å². The van der Waals surface area contributed by atoms with Crippen LogP contribution in [-0.4, -0.2) is 9.91 Å². The lowest BCUT2D eigenvalue weighted by Gasteiger charge is -2.03. The van der Waals surface area contributed by atoms with E-state index in [4.69, 9.17) is 5.26 Å². The Balaban J connectivity index is 3.51. The molecule has 0 aliphatic rings. The summed E-state index contributed by atoms with van der Waals surface area (Å²) < 4.78 is 24.7. The molecule has 5 nitrogen and oxygen atoms in total. The van der Waals surface area contributed by atoms with Crippen molar-refractivity contribution >= 4 is 28.3 Å². The van der Waals surface area contributed by atoms with Crippen molar-refractivity contribution < 1.29 is 13.7 Å². The zero-order valence-electron chi connectivity index (χ0n) is 6.95. The molecular formula is C7H2F2IN3O2. The summed E-state index contributed by atoms with van der Waals surface area (Å²) in [5.41, 5.74) is -1.79. The zero-order valence-corrected chi connectivity index (χ0v) is 9.10. The molecule has 0 spiro atoms. The molecule has 1 aromatic rings. The third kappa shape index (κ3) is 2.35. The molecular weight excluding hydrogens is 323 g/mol. The Morgan fingerprint density at radius 2 is 2.27 bits per heavy atom. The van der Waals surface area contributed by atoms with Crippen molar-refractivity contribution in [2.45, 2.75) is 6.43 Å². The summed E-state index contributed by atoms with van der Waals surface area (Å²) in [6.45, 7) is 0. The first-order valence-electron chi connectivity index (χ1n) is 3.50. The van der Waals surface area contributed by atoms with Crippen LogP contribution in [0.15, 0.2) is 6.07 Å². The Morgan fingerprint density at radius 3 is 2.67 bits per heavy atom. The molecule has 0 fully saturated rings. The van der Waals surface area contributed by atoms with Gasteiger partial charge in [-0.05, 0) is 28.7 Å². The van der Waals surface area contributed by atoms with Crippen LogP contribution in [0.2, 0.25) is 0 Å². The van der Waals surface area contributed by atoms with Gasteiger partial charge < -0.3 is 0 Å². The molecule has 0 aliphatic carbocycles. The second kappa shape index (κ2) is 4.43. The number of alkyl halides is 2. The van der Waals surface area contributed by atoms with Crippen molar-refractivity contribution in [3.63, 3.8) is 0 Å².